The maximum Gasteiger partial charge on any atom is 0.273 e. The summed E-state index contributed by atoms with van der Waals surface area (Å²) in [6, 6.07) is 7.14. The molecule has 3 amide bonds. The lowest BCUT2D eigenvalue weighted by molar-refractivity contribution is -0.131. The number of carbonyl (C=O) groups excluding carboxylic acids is 3. The first-order chi connectivity index (χ1) is 14.0. The summed E-state index contributed by atoms with van der Waals surface area (Å²) in [5.74, 6) is -0.482. The summed E-state index contributed by atoms with van der Waals surface area (Å²) in [5.41, 5.74) is 1.41. The molecule has 1 fully saturated rings. The Bertz CT molecular complexity index is 907. The van der Waals surface area contributed by atoms with Crippen LogP contribution in [0, 0.1) is 6.92 Å². The van der Waals surface area contributed by atoms with Crippen molar-refractivity contribution in [2.24, 2.45) is 0 Å². The van der Waals surface area contributed by atoms with E-state index >= 15 is 0 Å². The van der Waals surface area contributed by atoms with Crippen LogP contribution < -0.4 is 10.6 Å². The smallest absolute Gasteiger partial charge is 0.273 e. The molecule has 0 unspecified atom stereocenters. The van der Waals surface area contributed by atoms with Gasteiger partial charge in [0.25, 0.3) is 11.8 Å². The van der Waals surface area contributed by atoms with Crippen molar-refractivity contribution in [2.45, 2.75) is 39.2 Å². The molecule has 0 saturated carbocycles. The number of benzene rings is 1. The first-order valence-electron chi connectivity index (χ1n) is 9.76. The van der Waals surface area contributed by atoms with Crippen molar-refractivity contribution >= 4 is 23.5 Å². The predicted octanol–water partition coefficient (Wildman–Crippen LogP) is 2.17. The molecule has 152 valence electrons. The SMILES string of the molecule is CCC(=O)N1CCC(NC(=O)c2nccnc2NC(=O)c2ccccc2C)CC1. The summed E-state index contributed by atoms with van der Waals surface area (Å²) in [6.45, 7) is 4.93. The van der Waals surface area contributed by atoms with Crippen LogP contribution in [-0.2, 0) is 4.79 Å². The van der Waals surface area contributed by atoms with Gasteiger partial charge in [-0.1, -0.05) is 25.1 Å². The van der Waals surface area contributed by atoms with E-state index in [0.29, 0.717) is 37.9 Å². The number of piperidine rings is 1. The molecule has 2 heterocycles. The Morgan fingerprint density at radius 2 is 1.76 bits per heavy atom. The summed E-state index contributed by atoms with van der Waals surface area (Å²) in [6.07, 6.45) is 4.70. The number of aromatic nitrogens is 2. The molecule has 0 atom stereocenters. The summed E-state index contributed by atoms with van der Waals surface area (Å²) >= 11 is 0. The van der Waals surface area contributed by atoms with Crippen molar-refractivity contribution in [2.75, 3.05) is 18.4 Å². The fourth-order valence-electron chi connectivity index (χ4n) is 3.35. The minimum atomic E-state index is -0.390. The molecule has 1 aromatic heterocycles. The summed E-state index contributed by atoms with van der Waals surface area (Å²) in [5, 5.41) is 5.64. The second kappa shape index (κ2) is 9.27. The maximum absolute atomic E-state index is 12.7. The van der Waals surface area contributed by atoms with Gasteiger partial charge in [-0.3, -0.25) is 14.4 Å². The monoisotopic (exact) mass is 395 g/mol. The van der Waals surface area contributed by atoms with E-state index in [0.717, 1.165) is 5.56 Å². The van der Waals surface area contributed by atoms with Gasteiger partial charge >= 0.3 is 0 Å². The van der Waals surface area contributed by atoms with Gasteiger partial charge in [-0.25, -0.2) is 9.97 Å². The first-order valence-corrected chi connectivity index (χ1v) is 9.76. The quantitative estimate of drug-likeness (QED) is 0.807. The highest BCUT2D eigenvalue weighted by atomic mass is 16.2. The third-order valence-corrected chi connectivity index (χ3v) is 5.02. The summed E-state index contributed by atoms with van der Waals surface area (Å²) in [7, 11) is 0. The second-order valence-electron chi connectivity index (χ2n) is 7.00. The van der Waals surface area contributed by atoms with Gasteiger partial charge in [-0.05, 0) is 31.4 Å². The maximum atomic E-state index is 12.7. The number of amides is 3. The highest BCUT2D eigenvalue weighted by Gasteiger charge is 2.25. The van der Waals surface area contributed by atoms with Crippen molar-refractivity contribution in [1.82, 2.24) is 20.2 Å². The molecular formula is C21H25N5O3. The molecule has 2 aromatic rings. The number of nitrogens with zero attached hydrogens (tertiary/aromatic N) is 3. The van der Waals surface area contributed by atoms with E-state index in [2.05, 4.69) is 20.6 Å². The molecule has 29 heavy (non-hydrogen) atoms. The molecule has 1 aromatic carbocycles. The Kier molecular flexibility index (Phi) is 6.54. The zero-order valence-electron chi connectivity index (χ0n) is 16.6. The molecule has 8 heteroatoms. The number of hydrogen-bond acceptors (Lipinski definition) is 5. The fourth-order valence-corrected chi connectivity index (χ4v) is 3.35. The van der Waals surface area contributed by atoms with E-state index in [-0.39, 0.29) is 29.4 Å². The Labute approximate surface area is 169 Å². The van der Waals surface area contributed by atoms with Gasteiger partial charge < -0.3 is 15.5 Å². The van der Waals surface area contributed by atoms with E-state index < -0.39 is 5.91 Å². The third-order valence-electron chi connectivity index (χ3n) is 5.02. The van der Waals surface area contributed by atoms with Crippen LogP contribution in [0.15, 0.2) is 36.7 Å². The number of nitrogens with one attached hydrogen (secondary N) is 2. The highest BCUT2D eigenvalue weighted by Crippen LogP contribution is 2.16. The molecular weight excluding hydrogens is 370 g/mol. The Morgan fingerprint density at radius 1 is 1.07 bits per heavy atom. The molecule has 3 rings (SSSR count). The van der Waals surface area contributed by atoms with Gasteiger partial charge in [0.15, 0.2) is 11.5 Å². The second-order valence-corrected chi connectivity index (χ2v) is 7.00. The zero-order valence-corrected chi connectivity index (χ0v) is 16.6. The lowest BCUT2D eigenvalue weighted by atomic mass is 10.0. The minimum absolute atomic E-state index is 0.0506. The van der Waals surface area contributed by atoms with Crippen LogP contribution in [-0.4, -0.2) is 51.7 Å². The fraction of sp³-hybridized carbons (Fsp3) is 0.381. The van der Waals surface area contributed by atoms with Gasteiger partial charge in [-0.2, -0.15) is 0 Å². The van der Waals surface area contributed by atoms with Crippen LogP contribution in [0.25, 0.3) is 0 Å². The average Bonchev–Trinajstić information content (AvgIpc) is 2.74. The van der Waals surface area contributed by atoms with Gasteiger partial charge in [0.1, 0.15) is 0 Å². The van der Waals surface area contributed by atoms with Crippen molar-refractivity contribution in [3.63, 3.8) is 0 Å². The van der Waals surface area contributed by atoms with E-state index in [1.54, 1.807) is 12.1 Å². The third kappa shape index (κ3) is 4.96. The van der Waals surface area contributed by atoms with E-state index in [4.69, 9.17) is 0 Å². The largest absolute Gasteiger partial charge is 0.348 e. The normalized spacial score (nSPS) is 14.3. The molecule has 0 bridgehead atoms. The van der Waals surface area contributed by atoms with Crippen LogP contribution in [0.3, 0.4) is 0 Å². The molecule has 8 nitrogen and oxygen atoms in total. The van der Waals surface area contributed by atoms with Crippen LogP contribution >= 0.6 is 0 Å². The van der Waals surface area contributed by atoms with E-state index in [1.807, 2.05) is 30.9 Å². The van der Waals surface area contributed by atoms with E-state index in [1.165, 1.54) is 12.4 Å². The molecule has 0 radical (unpaired) electrons. The Morgan fingerprint density at radius 3 is 2.45 bits per heavy atom. The minimum Gasteiger partial charge on any atom is -0.348 e. The number of rotatable bonds is 5. The molecule has 0 spiro atoms. The van der Waals surface area contributed by atoms with Gasteiger partial charge in [0, 0.05) is 43.5 Å². The lowest BCUT2D eigenvalue weighted by Crippen LogP contribution is -2.46. The molecule has 1 aliphatic heterocycles. The molecule has 1 aliphatic rings. The number of anilines is 1. The Hall–Kier alpha value is -3.29. The Balaban J connectivity index is 1.66. The van der Waals surface area contributed by atoms with Crippen molar-refractivity contribution in [3.8, 4) is 0 Å². The molecule has 0 aliphatic carbocycles. The van der Waals surface area contributed by atoms with Crippen LogP contribution in [0.5, 0.6) is 0 Å². The first kappa shape index (κ1) is 20.4. The van der Waals surface area contributed by atoms with Crippen molar-refractivity contribution in [3.05, 3.63) is 53.5 Å². The summed E-state index contributed by atoms with van der Waals surface area (Å²) < 4.78 is 0. The van der Waals surface area contributed by atoms with Gasteiger partial charge in [-0.15, -0.1) is 0 Å². The zero-order chi connectivity index (χ0) is 20.8. The number of aryl methyl sites for hydroxylation is 1. The van der Waals surface area contributed by atoms with Crippen LogP contribution in [0.4, 0.5) is 5.82 Å². The summed E-state index contributed by atoms with van der Waals surface area (Å²) in [4.78, 5) is 47.2. The van der Waals surface area contributed by atoms with Crippen LogP contribution in [0.1, 0.15) is 52.6 Å². The standard InChI is InChI=1S/C21H25N5O3/c1-3-17(27)26-12-8-15(9-13-26)24-21(29)18-19(23-11-10-22-18)25-20(28)16-7-5-4-6-14(16)2/h4-7,10-11,15H,3,8-9,12-13H2,1-2H3,(H,24,29)(H,23,25,28). The van der Waals surface area contributed by atoms with E-state index in [9.17, 15) is 14.4 Å². The van der Waals surface area contributed by atoms with Gasteiger partial charge in [0.05, 0.1) is 0 Å². The highest BCUT2D eigenvalue weighted by molar-refractivity contribution is 6.08. The van der Waals surface area contributed by atoms with Gasteiger partial charge in [0.2, 0.25) is 5.91 Å². The van der Waals surface area contributed by atoms with Crippen molar-refractivity contribution in [1.29, 1.82) is 0 Å². The predicted molar refractivity (Wildman–Crippen MR) is 109 cm³/mol. The number of likely N-dealkylation sites (tertiary alicyclic amines) is 1. The van der Waals surface area contributed by atoms with Crippen molar-refractivity contribution < 1.29 is 14.4 Å². The molecule has 2 N–H and O–H groups in total. The lowest BCUT2D eigenvalue weighted by Gasteiger charge is -2.32. The number of hydrogen-bond donors (Lipinski definition) is 2. The average molecular weight is 395 g/mol. The topological polar surface area (TPSA) is 104 Å². The number of carbonyl (C=O) groups is 3. The molecule has 1 saturated heterocycles. The van der Waals surface area contributed by atoms with Crippen LogP contribution in [0.2, 0.25) is 0 Å².